The summed E-state index contributed by atoms with van der Waals surface area (Å²) in [4.78, 5) is 35.3. The van der Waals surface area contributed by atoms with Crippen molar-refractivity contribution < 1.29 is 9.59 Å². The SMILES string of the molecule is Cc1ccc(C)c(C(=O)NNC(=O)Cn2ccccc2=O)c1. The molecule has 2 aromatic rings. The Kier molecular flexibility index (Phi) is 4.73. The Morgan fingerprint density at radius 2 is 1.86 bits per heavy atom. The maximum Gasteiger partial charge on any atom is 0.269 e. The first-order valence-electron chi connectivity index (χ1n) is 6.79. The van der Waals surface area contributed by atoms with Crippen LogP contribution in [0.25, 0.3) is 0 Å². The quantitative estimate of drug-likeness (QED) is 0.827. The van der Waals surface area contributed by atoms with E-state index in [0.717, 1.165) is 11.1 Å². The van der Waals surface area contributed by atoms with Gasteiger partial charge in [0.1, 0.15) is 6.54 Å². The van der Waals surface area contributed by atoms with E-state index in [1.165, 1.54) is 16.8 Å². The first kappa shape index (κ1) is 15.5. The predicted octanol–water partition coefficient (Wildman–Crippen LogP) is 0.926. The van der Waals surface area contributed by atoms with Gasteiger partial charge in [0.25, 0.3) is 17.4 Å². The van der Waals surface area contributed by atoms with Gasteiger partial charge in [-0.25, -0.2) is 0 Å². The topological polar surface area (TPSA) is 80.2 Å². The van der Waals surface area contributed by atoms with Crippen molar-refractivity contribution in [2.75, 3.05) is 0 Å². The van der Waals surface area contributed by atoms with Gasteiger partial charge in [-0.2, -0.15) is 0 Å². The smallest absolute Gasteiger partial charge is 0.269 e. The van der Waals surface area contributed by atoms with Crippen molar-refractivity contribution in [3.63, 3.8) is 0 Å². The van der Waals surface area contributed by atoms with E-state index in [-0.39, 0.29) is 12.1 Å². The van der Waals surface area contributed by atoms with Crippen LogP contribution in [-0.2, 0) is 11.3 Å². The normalized spacial score (nSPS) is 10.1. The lowest BCUT2D eigenvalue weighted by molar-refractivity contribution is -0.122. The average Bonchev–Trinajstić information content (AvgIpc) is 2.49. The van der Waals surface area contributed by atoms with Crippen molar-refractivity contribution in [2.24, 2.45) is 0 Å². The number of rotatable bonds is 3. The summed E-state index contributed by atoms with van der Waals surface area (Å²) in [6, 6.07) is 10.1. The third kappa shape index (κ3) is 3.82. The molecule has 0 atom stereocenters. The number of carbonyl (C=O) groups is 2. The summed E-state index contributed by atoms with van der Waals surface area (Å²) in [5, 5.41) is 0. The molecule has 0 saturated heterocycles. The third-order valence-electron chi connectivity index (χ3n) is 3.17. The molecule has 0 aliphatic heterocycles. The highest BCUT2D eigenvalue weighted by Gasteiger charge is 2.10. The van der Waals surface area contributed by atoms with E-state index in [2.05, 4.69) is 10.9 Å². The molecule has 0 unspecified atom stereocenters. The number of hydrazine groups is 1. The van der Waals surface area contributed by atoms with E-state index in [9.17, 15) is 14.4 Å². The molecule has 1 aromatic heterocycles. The summed E-state index contributed by atoms with van der Waals surface area (Å²) in [6.45, 7) is 3.54. The molecule has 0 bridgehead atoms. The molecular weight excluding hydrogens is 282 g/mol. The van der Waals surface area contributed by atoms with Crippen molar-refractivity contribution in [2.45, 2.75) is 20.4 Å². The second-order valence-corrected chi connectivity index (χ2v) is 4.99. The van der Waals surface area contributed by atoms with Gasteiger partial charge < -0.3 is 4.57 Å². The molecule has 6 heteroatoms. The number of aromatic nitrogens is 1. The Bertz CT molecular complexity index is 765. The summed E-state index contributed by atoms with van der Waals surface area (Å²) in [7, 11) is 0. The minimum absolute atomic E-state index is 0.160. The third-order valence-corrected chi connectivity index (χ3v) is 3.17. The van der Waals surface area contributed by atoms with Crippen LogP contribution >= 0.6 is 0 Å². The number of nitrogens with zero attached hydrogens (tertiary/aromatic N) is 1. The highest BCUT2D eigenvalue weighted by atomic mass is 16.2. The summed E-state index contributed by atoms with van der Waals surface area (Å²) < 4.78 is 1.25. The Hall–Kier alpha value is -2.89. The number of aryl methyl sites for hydroxylation is 2. The van der Waals surface area contributed by atoms with Gasteiger partial charge in [-0.1, -0.05) is 23.8 Å². The van der Waals surface area contributed by atoms with Crippen LogP contribution in [0.5, 0.6) is 0 Å². The Morgan fingerprint density at radius 3 is 2.59 bits per heavy atom. The minimum atomic E-state index is -0.480. The number of nitrogens with one attached hydrogen (secondary N) is 2. The van der Waals surface area contributed by atoms with E-state index in [1.807, 2.05) is 26.0 Å². The molecule has 2 amide bonds. The maximum atomic E-state index is 12.0. The van der Waals surface area contributed by atoms with Gasteiger partial charge in [-0.15, -0.1) is 0 Å². The van der Waals surface area contributed by atoms with E-state index in [0.29, 0.717) is 5.56 Å². The van der Waals surface area contributed by atoms with Crippen LogP contribution in [0, 0.1) is 13.8 Å². The van der Waals surface area contributed by atoms with Crippen LogP contribution in [0.15, 0.2) is 47.4 Å². The van der Waals surface area contributed by atoms with Crippen molar-refractivity contribution in [3.05, 3.63) is 69.6 Å². The second kappa shape index (κ2) is 6.71. The van der Waals surface area contributed by atoms with Crippen LogP contribution in [0.4, 0.5) is 0 Å². The molecule has 1 heterocycles. The molecule has 2 N–H and O–H groups in total. The van der Waals surface area contributed by atoms with E-state index >= 15 is 0 Å². The molecule has 0 spiro atoms. The Labute approximate surface area is 127 Å². The van der Waals surface area contributed by atoms with Gasteiger partial charge in [0.05, 0.1) is 0 Å². The van der Waals surface area contributed by atoms with Crippen LogP contribution in [0.3, 0.4) is 0 Å². The number of pyridine rings is 1. The number of hydrogen-bond donors (Lipinski definition) is 2. The van der Waals surface area contributed by atoms with Crippen molar-refractivity contribution in [3.8, 4) is 0 Å². The van der Waals surface area contributed by atoms with E-state index in [4.69, 9.17) is 0 Å². The average molecular weight is 299 g/mol. The molecule has 1 aromatic carbocycles. The van der Waals surface area contributed by atoms with Gasteiger partial charge in [-0.05, 0) is 31.5 Å². The van der Waals surface area contributed by atoms with Gasteiger partial charge in [0, 0.05) is 17.8 Å². The predicted molar refractivity (Wildman–Crippen MR) is 82.2 cm³/mol. The zero-order valence-corrected chi connectivity index (χ0v) is 12.4. The fourth-order valence-corrected chi connectivity index (χ4v) is 1.96. The lowest BCUT2D eigenvalue weighted by Crippen LogP contribution is -2.44. The van der Waals surface area contributed by atoms with E-state index in [1.54, 1.807) is 18.2 Å². The summed E-state index contributed by atoms with van der Waals surface area (Å²) in [6.07, 6.45) is 1.51. The number of hydrogen-bond acceptors (Lipinski definition) is 3. The monoisotopic (exact) mass is 299 g/mol. The van der Waals surface area contributed by atoms with Crippen LogP contribution in [-0.4, -0.2) is 16.4 Å². The lowest BCUT2D eigenvalue weighted by Gasteiger charge is -2.10. The highest BCUT2D eigenvalue weighted by molar-refractivity contribution is 5.96. The Balaban J connectivity index is 1.96. The fourth-order valence-electron chi connectivity index (χ4n) is 1.96. The number of benzene rings is 1. The van der Waals surface area contributed by atoms with Crippen LogP contribution < -0.4 is 16.4 Å². The van der Waals surface area contributed by atoms with Crippen LogP contribution in [0.2, 0.25) is 0 Å². The fraction of sp³-hybridized carbons (Fsp3) is 0.188. The first-order valence-corrected chi connectivity index (χ1v) is 6.79. The standard InChI is InChI=1S/C16H17N3O3/c1-11-6-7-12(2)13(9-11)16(22)18-17-14(20)10-19-8-4-3-5-15(19)21/h3-9H,10H2,1-2H3,(H,17,20)(H,18,22). The summed E-state index contributed by atoms with van der Waals surface area (Å²) >= 11 is 0. The summed E-state index contributed by atoms with van der Waals surface area (Å²) in [5.74, 6) is -0.873. The largest absolute Gasteiger partial charge is 0.306 e. The highest BCUT2D eigenvalue weighted by Crippen LogP contribution is 2.09. The Morgan fingerprint density at radius 1 is 1.09 bits per heavy atom. The van der Waals surface area contributed by atoms with Crippen LogP contribution in [0.1, 0.15) is 21.5 Å². The van der Waals surface area contributed by atoms with Crippen molar-refractivity contribution >= 4 is 11.8 Å². The zero-order chi connectivity index (χ0) is 16.1. The first-order chi connectivity index (χ1) is 10.5. The summed E-state index contributed by atoms with van der Waals surface area (Å²) in [5.41, 5.74) is 6.65. The molecule has 0 fully saturated rings. The molecule has 0 aliphatic carbocycles. The van der Waals surface area contributed by atoms with Gasteiger partial charge in [0.2, 0.25) is 0 Å². The molecule has 22 heavy (non-hydrogen) atoms. The lowest BCUT2D eigenvalue weighted by atomic mass is 10.1. The molecular formula is C16H17N3O3. The van der Waals surface area contributed by atoms with Crippen molar-refractivity contribution in [1.29, 1.82) is 0 Å². The molecule has 114 valence electrons. The molecule has 2 rings (SSSR count). The molecule has 6 nitrogen and oxygen atoms in total. The van der Waals surface area contributed by atoms with Crippen molar-refractivity contribution in [1.82, 2.24) is 15.4 Å². The molecule has 0 aliphatic rings. The minimum Gasteiger partial charge on any atom is -0.306 e. The molecule has 0 saturated carbocycles. The van der Waals surface area contributed by atoms with Gasteiger partial charge in [0.15, 0.2) is 0 Å². The second-order valence-electron chi connectivity index (χ2n) is 4.99. The molecule has 0 radical (unpaired) electrons. The van der Waals surface area contributed by atoms with Gasteiger partial charge >= 0.3 is 0 Å². The number of carbonyl (C=O) groups excluding carboxylic acids is 2. The number of amides is 2. The maximum absolute atomic E-state index is 12.0. The van der Waals surface area contributed by atoms with Gasteiger partial charge in [-0.3, -0.25) is 25.2 Å². The van der Waals surface area contributed by atoms with E-state index < -0.39 is 11.8 Å². The zero-order valence-electron chi connectivity index (χ0n) is 12.4.